The number of ketones is 2. The molecule has 2 atom stereocenters. The highest BCUT2D eigenvalue weighted by atomic mass is 35.5. The van der Waals surface area contributed by atoms with Crippen LogP contribution >= 0.6 is 47.4 Å². The fourth-order valence-corrected chi connectivity index (χ4v) is 3.10. The maximum Gasteiger partial charge on any atom is 0.326 e. The van der Waals surface area contributed by atoms with Gasteiger partial charge in [-0.15, -0.1) is 0 Å². The first-order chi connectivity index (χ1) is 14.4. The van der Waals surface area contributed by atoms with Crippen molar-refractivity contribution in [3.8, 4) is 0 Å². The lowest BCUT2D eigenvalue weighted by Gasteiger charge is -2.21. The van der Waals surface area contributed by atoms with E-state index in [0.29, 0.717) is 0 Å². The minimum absolute atomic E-state index is 0.150. The minimum Gasteiger partial charge on any atom is -0.480 e. The first-order valence-electron chi connectivity index (χ1n) is 8.34. The summed E-state index contributed by atoms with van der Waals surface area (Å²) in [6.07, 6.45) is -0.792. The summed E-state index contributed by atoms with van der Waals surface area (Å²) in [5, 5.41) is 22.6. The molecule has 0 unspecified atom stereocenters. The number of nitrogens with one attached hydrogen (secondary N) is 3. The molecule has 0 fully saturated rings. The molecule has 0 bridgehead atoms. The fraction of sp³-hybridized carbons (Fsp3) is 0.375. The van der Waals surface area contributed by atoms with E-state index in [1.165, 1.54) is 0 Å². The third kappa shape index (κ3) is 7.42. The van der Waals surface area contributed by atoms with E-state index >= 15 is 0 Å². The highest BCUT2D eigenvalue weighted by molar-refractivity contribution is 7.80. The van der Waals surface area contributed by atoms with E-state index in [1.54, 1.807) is 0 Å². The molecule has 0 radical (unpaired) electrons. The van der Waals surface area contributed by atoms with Crippen LogP contribution in [0, 0.1) is 0 Å². The summed E-state index contributed by atoms with van der Waals surface area (Å²) in [5.41, 5.74) is -0.574. The molecule has 0 saturated heterocycles. The van der Waals surface area contributed by atoms with Crippen molar-refractivity contribution in [2.45, 2.75) is 24.9 Å². The highest BCUT2D eigenvalue weighted by Crippen LogP contribution is 2.30. The first kappa shape index (κ1) is 26.8. The summed E-state index contributed by atoms with van der Waals surface area (Å²) in [7, 11) is 0. The van der Waals surface area contributed by atoms with E-state index in [9.17, 15) is 33.9 Å². The Morgan fingerprint density at radius 3 is 2.03 bits per heavy atom. The average molecular weight is 517 g/mol. The van der Waals surface area contributed by atoms with Crippen LogP contribution in [0.25, 0.3) is 0 Å². The molecule has 0 aromatic rings. The number of carboxylic acids is 2. The van der Waals surface area contributed by atoms with Crippen molar-refractivity contribution in [1.82, 2.24) is 16.0 Å². The number of Topliss-reactive ketones (excluding diaryl/α,β-unsaturated/α-hetero) is 2. The number of carboxylic acid groups (broad SMARTS) is 2. The summed E-state index contributed by atoms with van der Waals surface area (Å²) < 4.78 is 0. The molecule has 31 heavy (non-hydrogen) atoms. The second kappa shape index (κ2) is 11.9. The van der Waals surface area contributed by atoms with Crippen LogP contribution < -0.4 is 16.0 Å². The van der Waals surface area contributed by atoms with Crippen LogP contribution in [0.5, 0.6) is 0 Å². The van der Waals surface area contributed by atoms with E-state index < -0.39 is 81.2 Å². The quantitative estimate of drug-likeness (QED) is 0.159. The number of thiol groups is 1. The fourth-order valence-electron chi connectivity index (χ4n) is 2.20. The molecule has 0 heterocycles. The Morgan fingerprint density at radius 1 is 0.935 bits per heavy atom. The summed E-state index contributed by atoms with van der Waals surface area (Å²) in [6.45, 7) is -0.659. The topological polar surface area (TPSA) is 179 Å². The summed E-state index contributed by atoms with van der Waals surface area (Å²) in [5.74, 6) is -6.40. The van der Waals surface area contributed by atoms with Gasteiger partial charge >= 0.3 is 11.9 Å². The second-order valence-corrected chi connectivity index (χ2v) is 7.46. The molecular formula is C16H16Cl3N3O8S. The monoisotopic (exact) mass is 515 g/mol. The van der Waals surface area contributed by atoms with Crippen LogP contribution in [0.15, 0.2) is 20.8 Å². The molecule has 5 N–H and O–H groups in total. The zero-order valence-electron chi connectivity index (χ0n) is 15.4. The van der Waals surface area contributed by atoms with Crippen molar-refractivity contribution in [2.75, 3.05) is 12.3 Å². The number of aliphatic carboxylic acids is 2. The third-order valence-corrected chi connectivity index (χ3v) is 5.31. The molecule has 0 aromatic heterocycles. The standard InChI is InChI=1S/C16H16Cl3N3O8S/c17-9-10(18)14(27)12(11(19)13(9)26)22-5(16(29)30)1-2-7(23)21-6(4-31)15(28)20-3-8(24)25/h5-6,22,31H,1-4H2,(H,20,28)(H,21,23)(H,24,25)(H,29,30)/t5-,6-/m0/s1. The molecule has 0 spiro atoms. The van der Waals surface area contributed by atoms with Crippen LogP contribution in [0.1, 0.15) is 12.8 Å². The van der Waals surface area contributed by atoms with E-state index in [0.717, 1.165) is 0 Å². The van der Waals surface area contributed by atoms with Gasteiger partial charge in [-0.3, -0.25) is 24.0 Å². The molecular weight excluding hydrogens is 501 g/mol. The van der Waals surface area contributed by atoms with Gasteiger partial charge in [0.15, 0.2) is 0 Å². The Bertz CT molecular complexity index is 889. The predicted molar refractivity (Wildman–Crippen MR) is 112 cm³/mol. The van der Waals surface area contributed by atoms with Gasteiger partial charge in [-0.25, -0.2) is 4.79 Å². The lowest BCUT2D eigenvalue weighted by molar-refractivity contribution is -0.139. The zero-order chi connectivity index (χ0) is 23.9. The molecule has 2 amide bonds. The third-order valence-electron chi connectivity index (χ3n) is 3.76. The highest BCUT2D eigenvalue weighted by Gasteiger charge is 2.35. The van der Waals surface area contributed by atoms with Crippen LogP contribution in [-0.4, -0.2) is 69.9 Å². The van der Waals surface area contributed by atoms with Gasteiger partial charge in [0.05, 0.1) is 0 Å². The van der Waals surface area contributed by atoms with Gasteiger partial charge in [0.25, 0.3) is 0 Å². The van der Waals surface area contributed by atoms with Gasteiger partial charge in [0.2, 0.25) is 23.4 Å². The Labute approximate surface area is 195 Å². The van der Waals surface area contributed by atoms with E-state index in [2.05, 4.69) is 28.6 Å². The smallest absolute Gasteiger partial charge is 0.326 e. The molecule has 1 aliphatic rings. The van der Waals surface area contributed by atoms with Crippen molar-refractivity contribution in [2.24, 2.45) is 0 Å². The molecule has 1 aliphatic carbocycles. The normalized spacial score (nSPS) is 16.0. The Balaban J connectivity index is 2.78. The molecule has 15 heteroatoms. The van der Waals surface area contributed by atoms with Gasteiger partial charge in [0, 0.05) is 12.2 Å². The van der Waals surface area contributed by atoms with Gasteiger partial charge < -0.3 is 26.2 Å². The molecule has 170 valence electrons. The molecule has 0 aromatic carbocycles. The summed E-state index contributed by atoms with van der Waals surface area (Å²) in [4.78, 5) is 69.9. The zero-order valence-corrected chi connectivity index (χ0v) is 18.6. The summed E-state index contributed by atoms with van der Waals surface area (Å²) in [6, 6.07) is -2.69. The second-order valence-electron chi connectivity index (χ2n) is 5.96. The molecule has 0 aliphatic heterocycles. The van der Waals surface area contributed by atoms with E-state index in [-0.39, 0.29) is 12.2 Å². The van der Waals surface area contributed by atoms with Gasteiger partial charge in [-0.05, 0) is 6.42 Å². The molecule has 0 saturated carbocycles. The largest absolute Gasteiger partial charge is 0.480 e. The van der Waals surface area contributed by atoms with Crippen LogP contribution in [0.3, 0.4) is 0 Å². The van der Waals surface area contributed by atoms with E-state index in [4.69, 9.17) is 39.9 Å². The number of hydrogen-bond donors (Lipinski definition) is 6. The maximum atomic E-state index is 12.2. The predicted octanol–water partition coefficient (Wildman–Crippen LogP) is -0.284. The minimum atomic E-state index is -1.53. The maximum absolute atomic E-state index is 12.2. The number of amides is 2. The lowest BCUT2D eigenvalue weighted by atomic mass is 10.1. The number of halogens is 3. The summed E-state index contributed by atoms with van der Waals surface area (Å²) >= 11 is 20.9. The van der Waals surface area contributed by atoms with Crippen molar-refractivity contribution < 1.29 is 39.0 Å². The van der Waals surface area contributed by atoms with Crippen LogP contribution in [0.4, 0.5) is 0 Å². The van der Waals surface area contributed by atoms with E-state index in [1.807, 2.05) is 0 Å². The SMILES string of the molecule is O=C(O)CNC(=O)[C@H](CS)NC(=O)CC[C@H](NC1=C(Cl)C(=O)C(Cl)=C(Cl)C1=O)C(=O)O. The van der Waals surface area contributed by atoms with Crippen molar-refractivity contribution in [1.29, 1.82) is 0 Å². The lowest BCUT2D eigenvalue weighted by Crippen LogP contribution is -2.49. The van der Waals surface area contributed by atoms with Crippen LogP contribution in [0.2, 0.25) is 0 Å². The van der Waals surface area contributed by atoms with Gasteiger partial charge in [-0.2, -0.15) is 12.6 Å². The number of carbonyl (C=O) groups excluding carboxylic acids is 4. The Hall–Kier alpha value is -2.28. The van der Waals surface area contributed by atoms with Crippen molar-refractivity contribution in [3.63, 3.8) is 0 Å². The number of hydrogen-bond acceptors (Lipinski definition) is 8. The first-order valence-corrected chi connectivity index (χ1v) is 10.1. The number of carbonyl (C=O) groups is 6. The van der Waals surface area contributed by atoms with Gasteiger partial charge in [0.1, 0.15) is 39.4 Å². The Kier molecular flexibility index (Phi) is 10.3. The van der Waals surface area contributed by atoms with Crippen molar-refractivity contribution in [3.05, 3.63) is 20.8 Å². The Morgan fingerprint density at radius 2 is 1.52 bits per heavy atom. The number of allylic oxidation sites excluding steroid dienone is 3. The number of rotatable bonds is 11. The van der Waals surface area contributed by atoms with Gasteiger partial charge in [-0.1, -0.05) is 34.8 Å². The van der Waals surface area contributed by atoms with Crippen LogP contribution in [-0.2, 0) is 28.8 Å². The van der Waals surface area contributed by atoms with Crippen molar-refractivity contribution >= 4 is 82.8 Å². The average Bonchev–Trinajstić information content (AvgIpc) is 2.72. The molecule has 11 nitrogen and oxygen atoms in total. The molecule has 1 rings (SSSR count).